The predicted molar refractivity (Wildman–Crippen MR) is 156 cm³/mol. The monoisotopic (exact) mass is 587 g/mol. The van der Waals surface area contributed by atoms with E-state index in [1.807, 2.05) is 20.8 Å². The Morgan fingerprint density at radius 1 is 0.925 bits per heavy atom. The smallest absolute Gasteiger partial charge is 0.264 e. The molecule has 7 nitrogen and oxygen atoms in total. The normalized spacial score (nSPS) is 12.8. The molecule has 3 aromatic carbocycles. The van der Waals surface area contributed by atoms with Gasteiger partial charge in [-0.15, -0.1) is 0 Å². The highest BCUT2D eigenvalue weighted by molar-refractivity contribution is 7.92. The molecule has 214 valence electrons. The van der Waals surface area contributed by atoms with Crippen LogP contribution in [0.25, 0.3) is 0 Å². The maximum Gasteiger partial charge on any atom is 0.264 e. The van der Waals surface area contributed by atoms with Gasteiger partial charge in [0.1, 0.15) is 18.4 Å². The number of carbonyl (C=O) groups excluding carboxylic acids is 2. The van der Waals surface area contributed by atoms with E-state index in [-0.39, 0.29) is 23.4 Å². The van der Waals surface area contributed by atoms with E-state index in [1.165, 1.54) is 53.4 Å². The Kier molecular flexibility index (Phi) is 10.7. The fraction of sp³-hybridized carbons (Fsp3) is 0.333. The van der Waals surface area contributed by atoms with Crippen molar-refractivity contribution in [2.45, 2.75) is 64.1 Å². The molecule has 3 rings (SSSR count). The summed E-state index contributed by atoms with van der Waals surface area (Å²) < 4.78 is 42.3. The summed E-state index contributed by atoms with van der Waals surface area (Å²) in [4.78, 5) is 28.6. The molecule has 1 N–H and O–H groups in total. The summed E-state index contributed by atoms with van der Waals surface area (Å²) in [5, 5.41) is 3.30. The first kappa shape index (κ1) is 31.1. The molecule has 2 amide bonds. The summed E-state index contributed by atoms with van der Waals surface area (Å²) in [6.45, 7) is 6.91. The molecule has 0 aliphatic heterocycles. The fourth-order valence-corrected chi connectivity index (χ4v) is 5.66. The number of hydrogen-bond donors (Lipinski definition) is 1. The van der Waals surface area contributed by atoms with Crippen molar-refractivity contribution in [2.24, 2.45) is 0 Å². The molecule has 0 aliphatic rings. The molecule has 40 heavy (non-hydrogen) atoms. The van der Waals surface area contributed by atoms with Gasteiger partial charge in [0.05, 0.1) is 10.6 Å². The molecule has 2 atom stereocenters. The summed E-state index contributed by atoms with van der Waals surface area (Å²) in [5.41, 5.74) is 1.82. The zero-order valence-corrected chi connectivity index (χ0v) is 24.7. The van der Waals surface area contributed by atoms with Crippen molar-refractivity contribution in [3.05, 3.63) is 94.8 Å². The molecule has 0 aliphatic carbocycles. The SMILES string of the molecule is CC[C@@H](C)NC(=O)[C@@H](CC)N(Cc1ccc(F)cc1)C(=O)CN(c1ccc(C)cc1)S(=O)(=O)c1ccc(Cl)cc1. The van der Waals surface area contributed by atoms with Gasteiger partial charge in [-0.3, -0.25) is 13.9 Å². The highest BCUT2D eigenvalue weighted by Gasteiger charge is 2.34. The third-order valence-electron chi connectivity index (χ3n) is 6.66. The average molecular weight is 588 g/mol. The number of sulfonamides is 1. The Hall–Kier alpha value is -3.43. The Morgan fingerprint density at radius 2 is 1.52 bits per heavy atom. The van der Waals surface area contributed by atoms with E-state index in [0.717, 1.165) is 9.87 Å². The molecule has 0 bridgehead atoms. The van der Waals surface area contributed by atoms with Gasteiger partial charge in [-0.05, 0) is 80.8 Å². The minimum absolute atomic E-state index is 0.00568. The molecule has 0 saturated heterocycles. The molecule has 0 saturated carbocycles. The van der Waals surface area contributed by atoms with Crippen LogP contribution in [-0.2, 0) is 26.2 Å². The van der Waals surface area contributed by atoms with Crippen LogP contribution < -0.4 is 9.62 Å². The van der Waals surface area contributed by atoms with Crippen molar-refractivity contribution in [1.82, 2.24) is 10.2 Å². The molecule has 10 heteroatoms. The number of benzene rings is 3. The second-order valence-corrected chi connectivity index (χ2v) is 12.0. The van der Waals surface area contributed by atoms with E-state index in [9.17, 15) is 22.4 Å². The first-order valence-corrected chi connectivity index (χ1v) is 15.0. The Bertz CT molecular complexity index is 1400. The largest absolute Gasteiger partial charge is 0.352 e. The highest BCUT2D eigenvalue weighted by atomic mass is 35.5. The van der Waals surface area contributed by atoms with Gasteiger partial charge < -0.3 is 10.2 Å². The second kappa shape index (κ2) is 13.8. The first-order valence-electron chi connectivity index (χ1n) is 13.2. The van der Waals surface area contributed by atoms with Crippen LogP contribution in [0.15, 0.2) is 77.7 Å². The van der Waals surface area contributed by atoms with Gasteiger partial charge in [0.2, 0.25) is 11.8 Å². The number of rotatable bonds is 12. The van der Waals surface area contributed by atoms with E-state index in [1.54, 1.807) is 31.2 Å². The van der Waals surface area contributed by atoms with E-state index in [2.05, 4.69) is 5.32 Å². The minimum atomic E-state index is -4.19. The van der Waals surface area contributed by atoms with Crippen LogP contribution in [-0.4, -0.2) is 43.8 Å². The second-order valence-electron chi connectivity index (χ2n) is 9.69. The van der Waals surface area contributed by atoms with Gasteiger partial charge in [-0.25, -0.2) is 12.8 Å². The number of amides is 2. The van der Waals surface area contributed by atoms with Crippen molar-refractivity contribution in [3.8, 4) is 0 Å². The molecule has 0 unspecified atom stereocenters. The molecule has 0 heterocycles. The lowest BCUT2D eigenvalue weighted by molar-refractivity contribution is -0.140. The van der Waals surface area contributed by atoms with Crippen LogP contribution in [0, 0.1) is 12.7 Å². The molecule has 0 aromatic heterocycles. The van der Waals surface area contributed by atoms with E-state index in [0.29, 0.717) is 29.1 Å². The number of hydrogen-bond acceptors (Lipinski definition) is 4. The fourth-order valence-electron chi connectivity index (χ4n) is 4.12. The van der Waals surface area contributed by atoms with E-state index in [4.69, 9.17) is 11.6 Å². The van der Waals surface area contributed by atoms with Gasteiger partial charge in [-0.1, -0.05) is 55.3 Å². The van der Waals surface area contributed by atoms with Gasteiger partial charge in [0, 0.05) is 17.6 Å². The molecule has 0 spiro atoms. The minimum Gasteiger partial charge on any atom is -0.352 e. The van der Waals surface area contributed by atoms with Crippen molar-refractivity contribution in [2.75, 3.05) is 10.8 Å². The number of carbonyl (C=O) groups is 2. The number of halogens is 2. The first-order chi connectivity index (χ1) is 19.0. The zero-order chi connectivity index (χ0) is 29.4. The molecule has 3 aromatic rings. The number of nitrogens with zero attached hydrogens (tertiary/aromatic N) is 2. The summed E-state index contributed by atoms with van der Waals surface area (Å²) >= 11 is 5.98. The van der Waals surface area contributed by atoms with Crippen LogP contribution >= 0.6 is 11.6 Å². The average Bonchev–Trinajstić information content (AvgIpc) is 2.93. The quantitative estimate of drug-likeness (QED) is 0.294. The van der Waals surface area contributed by atoms with Crippen molar-refractivity contribution in [1.29, 1.82) is 0 Å². The van der Waals surface area contributed by atoms with Crippen molar-refractivity contribution >= 4 is 39.1 Å². The summed E-state index contributed by atoms with van der Waals surface area (Å²) in [6.07, 6.45) is 0.998. The van der Waals surface area contributed by atoms with Crippen LogP contribution in [0.4, 0.5) is 10.1 Å². The summed E-state index contributed by atoms with van der Waals surface area (Å²) in [5.74, 6) is -1.34. The Labute approximate surface area is 241 Å². The summed E-state index contributed by atoms with van der Waals surface area (Å²) in [6, 6.07) is 17.1. The molecule has 0 fully saturated rings. The van der Waals surface area contributed by atoms with Gasteiger partial charge in [0.25, 0.3) is 10.0 Å². The summed E-state index contributed by atoms with van der Waals surface area (Å²) in [7, 11) is -4.19. The third kappa shape index (κ3) is 7.82. The number of aryl methyl sites for hydroxylation is 1. The molecular formula is C30H35ClFN3O4S. The Morgan fingerprint density at radius 3 is 2.08 bits per heavy atom. The molecular weight excluding hydrogens is 553 g/mol. The van der Waals surface area contributed by atoms with Crippen molar-refractivity contribution < 1.29 is 22.4 Å². The zero-order valence-electron chi connectivity index (χ0n) is 23.1. The standard InChI is InChI=1S/C30H35ClFN3O4S/c1-5-22(4)33-30(37)28(6-2)34(19-23-9-13-25(32)14-10-23)29(36)20-35(26-15-7-21(3)8-16-26)40(38,39)27-17-11-24(31)12-18-27/h7-18,22,28H,5-6,19-20H2,1-4H3,(H,33,37)/t22-,28-/m1/s1. The Balaban J connectivity index is 2.04. The predicted octanol–water partition coefficient (Wildman–Crippen LogP) is 5.70. The topological polar surface area (TPSA) is 86.8 Å². The van der Waals surface area contributed by atoms with Crippen LogP contribution in [0.5, 0.6) is 0 Å². The van der Waals surface area contributed by atoms with Crippen molar-refractivity contribution in [3.63, 3.8) is 0 Å². The van der Waals surface area contributed by atoms with E-state index >= 15 is 0 Å². The van der Waals surface area contributed by atoms with E-state index < -0.39 is 34.3 Å². The van der Waals surface area contributed by atoms with Gasteiger partial charge in [0.15, 0.2) is 0 Å². The lowest BCUT2D eigenvalue weighted by Crippen LogP contribution is -2.53. The highest BCUT2D eigenvalue weighted by Crippen LogP contribution is 2.26. The maximum atomic E-state index is 14.0. The number of anilines is 1. The van der Waals surface area contributed by atoms with Crippen LogP contribution in [0.1, 0.15) is 44.7 Å². The van der Waals surface area contributed by atoms with Gasteiger partial charge >= 0.3 is 0 Å². The lowest BCUT2D eigenvalue weighted by atomic mass is 10.1. The van der Waals surface area contributed by atoms with Crippen LogP contribution in [0.2, 0.25) is 5.02 Å². The lowest BCUT2D eigenvalue weighted by Gasteiger charge is -2.33. The molecule has 0 radical (unpaired) electrons. The van der Waals surface area contributed by atoms with Crippen LogP contribution in [0.3, 0.4) is 0 Å². The third-order valence-corrected chi connectivity index (χ3v) is 8.70. The van der Waals surface area contributed by atoms with Gasteiger partial charge in [-0.2, -0.15) is 0 Å². The maximum absolute atomic E-state index is 14.0. The number of nitrogens with one attached hydrogen (secondary N) is 1.